The molecule has 1 aromatic rings. The van der Waals surface area contributed by atoms with Gasteiger partial charge < -0.3 is 14.7 Å². The molecule has 6 nitrogen and oxygen atoms in total. The zero-order chi connectivity index (χ0) is 13.7. The lowest BCUT2D eigenvalue weighted by molar-refractivity contribution is -0.387. The van der Waals surface area contributed by atoms with Gasteiger partial charge in [-0.2, -0.15) is 0 Å². The van der Waals surface area contributed by atoms with Gasteiger partial charge in [0.15, 0.2) is 0 Å². The number of nitrogens with zero attached hydrogens (tertiary/aromatic N) is 2. The molecule has 19 heavy (non-hydrogen) atoms. The average molecular weight is 284 g/mol. The minimum absolute atomic E-state index is 0.00357. The number of hydrogen-bond donors (Lipinski definition) is 1. The Hall–Kier alpha value is -1.31. The summed E-state index contributed by atoms with van der Waals surface area (Å²) in [5.41, 5.74) is 1.06. The first-order valence-corrected chi connectivity index (χ1v) is 7.05. The zero-order valence-corrected chi connectivity index (χ0v) is 11.3. The Balaban J connectivity index is 2.23. The van der Waals surface area contributed by atoms with Crippen LogP contribution in [-0.4, -0.2) is 48.7 Å². The van der Waals surface area contributed by atoms with Gasteiger partial charge in [-0.3, -0.25) is 10.1 Å². The highest BCUT2D eigenvalue weighted by Crippen LogP contribution is 2.33. The molecule has 0 amide bonds. The molecule has 0 atom stereocenters. The lowest BCUT2D eigenvalue weighted by atomic mass is 10.2. The third kappa shape index (κ3) is 3.59. The Morgan fingerprint density at radius 2 is 2.16 bits per heavy atom. The maximum atomic E-state index is 11.0. The summed E-state index contributed by atoms with van der Waals surface area (Å²) in [6, 6.07) is 5.13. The second-order valence-corrected chi connectivity index (χ2v) is 5.22. The van der Waals surface area contributed by atoms with Crippen molar-refractivity contribution >= 4 is 23.1 Å². The monoisotopic (exact) mass is 284 g/mol. The average Bonchev–Trinajstić information content (AvgIpc) is 2.45. The Morgan fingerprint density at radius 1 is 1.42 bits per heavy atom. The third-order valence-corrected chi connectivity index (χ3v) is 3.89. The molecule has 1 aromatic carbocycles. The number of thioether (sulfide) groups is 1. The molecule has 1 N–H and O–H groups in total. The number of rotatable bonds is 5. The van der Waals surface area contributed by atoms with Crippen LogP contribution in [-0.2, 0) is 4.74 Å². The summed E-state index contributed by atoms with van der Waals surface area (Å²) in [4.78, 5) is 13.3. The number of benzene rings is 1. The summed E-state index contributed by atoms with van der Waals surface area (Å²) in [6.45, 7) is 2.94. The molecule has 0 bridgehead atoms. The normalized spacial score (nSPS) is 15.5. The summed E-state index contributed by atoms with van der Waals surface area (Å²) in [6.07, 6.45) is 0. The van der Waals surface area contributed by atoms with Gasteiger partial charge in [0.25, 0.3) is 5.69 Å². The molecule has 0 aromatic heterocycles. The molecule has 1 heterocycles. The second-order valence-electron chi connectivity index (χ2n) is 4.08. The van der Waals surface area contributed by atoms with Crippen LogP contribution in [0.2, 0.25) is 0 Å². The van der Waals surface area contributed by atoms with Crippen molar-refractivity contribution in [3.63, 3.8) is 0 Å². The molecule has 0 aliphatic carbocycles. The standard InChI is InChI=1S/C12H16N2O4S/c15-5-8-19-12-9-10(1-2-11(12)14(16)17)13-3-6-18-7-4-13/h1-2,9,15H,3-8H2. The minimum Gasteiger partial charge on any atom is -0.396 e. The van der Waals surface area contributed by atoms with Gasteiger partial charge in [-0.05, 0) is 12.1 Å². The molecule has 0 unspecified atom stereocenters. The van der Waals surface area contributed by atoms with E-state index in [0.717, 1.165) is 18.8 Å². The van der Waals surface area contributed by atoms with E-state index in [2.05, 4.69) is 4.90 Å². The molecule has 0 radical (unpaired) electrons. The molecule has 0 spiro atoms. The molecule has 1 aliphatic rings. The second kappa shape index (κ2) is 6.74. The van der Waals surface area contributed by atoms with Gasteiger partial charge in [-0.1, -0.05) is 0 Å². The highest BCUT2D eigenvalue weighted by Gasteiger charge is 2.18. The molecular formula is C12H16N2O4S. The predicted octanol–water partition coefficient (Wildman–Crippen LogP) is 1.52. The largest absolute Gasteiger partial charge is 0.396 e. The van der Waals surface area contributed by atoms with Crippen LogP contribution in [0.4, 0.5) is 11.4 Å². The number of ether oxygens (including phenoxy) is 1. The fourth-order valence-corrected chi connectivity index (χ4v) is 2.75. The number of morpholine rings is 1. The molecule has 2 rings (SSSR count). The summed E-state index contributed by atoms with van der Waals surface area (Å²) >= 11 is 1.30. The summed E-state index contributed by atoms with van der Waals surface area (Å²) in [5.74, 6) is 0.452. The van der Waals surface area contributed by atoms with Crippen LogP contribution < -0.4 is 4.90 Å². The van der Waals surface area contributed by atoms with E-state index in [9.17, 15) is 10.1 Å². The highest BCUT2D eigenvalue weighted by atomic mass is 32.2. The van der Waals surface area contributed by atoms with Crippen LogP contribution in [0.1, 0.15) is 0 Å². The zero-order valence-electron chi connectivity index (χ0n) is 10.4. The van der Waals surface area contributed by atoms with Gasteiger partial charge >= 0.3 is 0 Å². The van der Waals surface area contributed by atoms with Crippen molar-refractivity contribution in [2.24, 2.45) is 0 Å². The van der Waals surface area contributed by atoms with Crippen LogP contribution >= 0.6 is 11.8 Å². The van der Waals surface area contributed by atoms with Crippen molar-refractivity contribution in [3.8, 4) is 0 Å². The number of anilines is 1. The van der Waals surface area contributed by atoms with E-state index in [0.29, 0.717) is 23.9 Å². The first-order chi connectivity index (χ1) is 9.22. The van der Waals surface area contributed by atoms with Crippen molar-refractivity contribution in [1.82, 2.24) is 0 Å². The van der Waals surface area contributed by atoms with Crippen molar-refractivity contribution in [2.45, 2.75) is 4.90 Å². The number of hydrogen-bond acceptors (Lipinski definition) is 6. The third-order valence-electron chi connectivity index (χ3n) is 2.87. The molecule has 1 fully saturated rings. The van der Waals surface area contributed by atoms with E-state index in [4.69, 9.17) is 9.84 Å². The van der Waals surface area contributed by atoms with Crippen LogP contribution in [0.15, 0.2) is 23.1 Å². The maximum Gasteiger partial charge on any atom is 0.283 e. The van der Waals surface area contributed by atoms with Crippen molar-refractivity contribution in [1.29, 1.82) is 0 Å². The molecule has 7 heteroatoms. The van der Waals surface area contributed by atoms with Crippen molar-refractivity contribution in [3.05, 3.63) is 28.3 Å². The number of nitro groups is 1. The lowest BCUT2D eigenvalue weighted by Crippen LogP contribution is -2.36. The summed E-state index contributed by atoms with van der Waals surface area (Å²) in [7, 11) is 0. The summed E-state index contributed by atoms with van der Waals surface area (Å²) < 4.78 is 5.29. The minimum atomic E-state index is -0.386. The fourth-order valence-electron chi connectivity index (χ4n) is 1.94. The fraction of sp³-hybridized carbons (Fsp3) is 0.500. The van der Waals surface area contributed by atoms with E-state index in [1.165, 1.54) is 17.8 Å². The molecule has 104 valence electrons. The molecule has 0 saturated carbocycles. The van der Waals surface area contributed by atoms with Crippen LogP contribution in [0.5, 0.6) is 0 Å². The first-order valence-electron chi connectivity index (χ1n) is 6.07. The quantitative estimate of drug-likeness (QED) is 0.502. The first kappa shape index (κ1) is 14.1. The molecular weight excluding hydrogens is 268 g/mol. The summed E-state index contributed by atoms with van der Waals surface area (Å²) in [5, 5.41) is 19.8. The number of aliphatic hydroxyl groups excluding tert-OH is 1. The van der Waals surface area contributed by atoms with Gasteiger partial charge in [-0.15, -0.1) is 11.8 Å². The van der Waals surface area contributed by atoms with E-state index in [1.54, 1.807) is 6.07 Å². The SMILES string of the molecule is O=[N+]([O-])c1ccc(N2CCOCC2)cc1SCCO. The van der Waals surface area contributed by atoms with Gasteiger partial charge in [-0.25, -0.2) is 0 Å². The van der Waals surface area contributed by atoms with Crippen LogP contribution in [0.25, 0.3) is 0 Å². The smallest absolute Gasteiger partial charge is 0.283 e. The topological polar surface area (TPSA) is 75.8 Å². The van der Waals surface area contributed by atoms with Crippen molar-refractivity contribution in [2.75, 3.05) is 43.6 Å². The Morgan fingerprint density at radius 3 is 2.79 bits per heavy atom. The Labute approximate surface area is 115 Å². The molecule has 1 saturated heterocycles. The van der Waals surface area contributed by atoms with Gasteiger partial charge in [0.05, 0.1) is 29.6 Å². The van der Waals surface area contributed by atoms with Crippen LogP contribution in [0.3, 0.4) is 0 Å². The van der Waals surface area contributed by atoms with E-state index in [1.807, 2.05) is 6.07 Å². The van der Waals surface area contributed by atoms with E-state index < -0.39 is 0 Å². The van der Waals surface area contributed by atoms with Crippen molar-refractivity contribution < 1.29 is 14.8 Å². The van der Waals surface area contributed by atoms with E-state index in [-0.39, 0.29) is 17.2 Å². The van der Waals surface area contributed by atoms with Gasteiger partial charge in [0, 0.05) is 30.6 Å². The van der Waals surface area contributed by atoms with E-state index >= 15 is 0 Å². The Kier molecular flexibility index (Phi) is 5.00. The number of aliphatic hydroxyl groups is 1. The predicted molar refractivity (Wildman–Crippen MR) is 73.9 cm³/mol. The lowest BCUT2D eigenvalue weighted by Gasteiger charge is -2.29. The van der Waals surface area contributed by atoms with Crippen LogP contribution in [0, 0.1) is 10.1 Å². The highest BCUT2D eigenvalue weighted by molar-refractivity contribution is 7.99. The van der Waals surface area contributed by atoms with Gasteiger partial charge in [0.1, 0.15) is 0 Å². The molecule has 1 aliphatic heterocycles. The Bertz CT molecular complexity index is 449. The maximum absolute atomic E-state index is 11.0. The van der Waals surface area contributed by atoms with Gasteiger partial charge in [0.2, 0.25) is 0 Å². The number of nitro benzene ring substituents is 1.